The van der Waals surface area contributed by atoms with Gasteiger partial charge < -0.3 is 4.74 Å². The van der Waals surface area contributed by atoms with Gasteiger partial charge >= 0.3 is 0 Å². The highest BCUT2D eigenvalue weighted by Gasteiger charge is 2.45. The molecule has 4 heteroatoms. The van der Waals surface area contributed by atoms with Crippen LogP contribution in [0.2, 0.25) is 0 Å². The largest absolute Gasteiger partial charge is 0.457 e. The molecule has 8 aromatic rings. The molecule has 236 valence electrons. The van der Waals surface area contributed by atoms with E-state index in [9.17, 15) is 0 Å². The van der Waals surface area contributed by atoms with Gasteiger partial charge in [-0.05, 0) is 40.5 Å². The lowest BCUT2D eigenvalue weighted by Gasteiger charge is -2.41. The molecule has 1 aliphatic rings. The van der Waals surface area contributed by atoms with E-state index in [4.69, 9.17) is 19.7 Å². The fourth-order valence-electron chi connectivity index (χ4n) is 7.25. The van der Waals surface area contributed by atoms with Crippen molar-refractivity contribution >= 4 is 0 Å². The van der Waals surface area contributed by atoms with Gasteiger partial charge in [0.15, 0.2) is 17.5 Å². The summed E-state index contributed by atoms with van der Waals surface area (Å²) in [4.78, 5) is 15.1. The Morgan fingerprint density at radius 2 is 0.780 bits per heavy atom. The lowest BCUT2D eigenvalue weighted by atomic mass is 9.63. The molecule has 0 aliphatic carbocycles. The minimum absolute atomic E-state index is 0.619. The number of para-hydroxylation sites is 2. The zero-order chi connectivity index (χ0) is 33.3. The summed E-state index contributed by atoms with van der Waals surface area (Å²) in [5.74, 6) is 3.60. The summed E-state index contributed by atoms with van der Waals surface area (Å²) in [6.07, 6.45) is 0. The van der Waals surface area contributed by atoms with Gasteiger partial charge in [-0.2, -0.15) is 0 Å². The molecular weight excluding hydrogens is 611 g/mol. The van der Waals surface area contributed by atoms with Gasteiger partial charge in [0.2, 0.25) is 0 Å². The average molecular weight is 642 g/mol. The Labute approximate surface area is 291 Å². The zero-order valence-electron chi connectivity index (χ0n) is 27.1. The van der Waals surface area contributed by atoms with Crippen molar-refractivity contribution in [3.05, 3.63) is 210 Å². The molecule has 0 N–H and O–H groups in total. The van der Waals surface area contributed by atoms with Crippen LogP contribution in [-0.4, -0.2) is 15.0 Å². The van der Waals surface area contributed by atoms with Gasteiger partial charge in [-0.1, -0.05) is 170 Å². The molecule has 0 radical (unpaired) electrons. The fraction of sp³-hybridized carbons (Fsp3) is 0.0217. The van der Waals surface area contributed by atoms with Gasteiger partial charge in [0, 0.05) is 27.8 Å². The van der Waals surface area contributed by atoms with Gasteiger partial charge in [0.1, 0.15) is 11.5 Å². The SMILES string of the molecule is c1ccc(-c2nc(-c3ccccc3)nc(-c3ccccc3-c3cccc(C4(c5ccccc5)c5ccccc5Oc5ccccc54)c3)n2)cc1. The van der Waals surface area contributed by atoms with E-state index in [0.717, 1.165) is 56.0 Å². The van der Waals surface area contributed by atoms with E-state index in [1.165, 1.54) is 5.56 Å². The summed E-state index contributed by atoms with van der Waals surface area (Å²) in [5.41, 5.74) is 8.82. The van der Waals surface area contributed by atoms with Crippen molar-refractivity contribution in [2.45, 2.75) is 5.41 Å². The first-order valence-electron chi connectivity index (χ1n) is 16.8. The summed E-state index contributed by atoms with van der Waals surface area (Å²) in [6, 6.07) is 65.0. The van der Waals surface area contributed by atoms with Crippen LogP contribution in [0, 0.1) is 0 Å². The number of benzene rings is 7. The quantitative estimate of drug-likeness (QED) is 0.181. The van der Waals surface area contributed by atoms with E-state index in [1.807, 2.05) is 78.9 Å². The smallest absolute Gasteiger partial charge is 0.164 e. The molecule has 0 saturated carbocycles. The predicted molar refractivity (Wildman–Crippen MR) is 200 cm³/mol. The number of rotatable bonds is 6. The number of nitrogens with zero attached hydrogens (tertiary/aromatic N) is 3. The Hall–Kier alpha value is -6.65. The van der Waals surface area contributed by atoms with E-state index < -0.39 is 5.41 Å². The van der Waals surface area contributed by atoms with E-state index in [-0.39, 0.29) is 0 Å². The maximum atomic E-state index is 6.54. The highest BCUT2D eigenvalue weighted by atomic mass is 16.5. The molecule has 9 rings (SSSR count). The predicted octanol–water partition coefficient (Wildman–Crippen LogP) is 11.0. The molecule has 1 aromatic heterocycles. The first-order valence-corrected chi connectivity index (χ1v) is 16.8. The standard InChI is InChI=1S/C46H31N3O/c1-4-17-32(18-5-1)43-47-44(33-19-6-2-7-20-33)49-45(48-43)38-26-11-10-25-37(38)34-21-16-24-36(31-34)46(35-22-8-3-9-23-35)39-27-12-14-29-41(39)50-42-30-15-13-28-40(42)46/h1-31H. The van der Waals surface area contributed by atoms with Crippen molar-refractivity contribution in [3.63, 3.8) is 0 Å². The van der Waals surface area contributed by atoms with Crippen LogP contribution in [0.1, 0.15) is 22.3 Å². The molecular formula is C46H31N3O. The van der Waals surface area contributed by atoms with Gasteiger partial charge in [-0.3, -0.25) is 0 Å². The third-order valence-corrected chi connectivity index (χ3v) is 9.48. The molecule has 0 amide bonds. The van der Waals surface area contributed by atoms with E-state index in [2.05, 4.69) is 109 Å². The van der Waals surface area contributed by atoms with E-state index in [0.29, 0.717) is 17.5 Å². The molecule has 0 atom stereocenters. The zero-order valence-corrected chi connectivity index (χ0v) is 27.1. The second-order valence-corrected chi connectivity index (χ2v) is 12.4. The van der Waals surface area contributed by atoms with Crippen molar-refractivity contribution in [1.29, 1.82) is 0 Å². The fourth-order valence-corrected chi connectivity index (χ4v) is 7.25. The number of hydrogen-bond donors (Lipinski definition) is 0. The summed E-state index contributed by atoms with van der Waals surface area (Å²) in [5, 5.41) is 0. The Morgan fingerprint density at radius 1 is 0.340 bits per heavy atom. The highest BCUT2D eigenvalue weighted by Crippen LogP contribution is 2.55. The maximum Gasteiger partial charge on any atom is 0.164 e. The van der Waals surface area contributed by atoms with Crippen LogP contribution in [0.15, 0.2) is 188 Å². The van der Waals surface area contributed by atoms with Gasteiger partial charge in [-0.15, -0.1) is 0 Å². The van der Waals surface area contributed by atoms with E-state index in [1.54, 1.807) is 0 Å². The van der Waals surface area contributed by atoms with Crippen molar-refractivity contribution in [3.8, 4) is 56.8 Å². The second kappa shape index (κ2) is 12.4. The molecule has 0 saturated heterocycles. The molecule has 0 fully saturated rings. The van der Waals surface area contributed by atoms with Crippen LogP contribution in [-0.2, 0) is 5.41 Å². The van der Waals surface area contributed by atoms with Gasteiger partial charge in [0.25, 0.3) is 0 Å². The summed E-state index contributed by atoms with van der Waals surface area (Å²) >= 11 is 0. The monoisotopic (exact) mass is 641 g/mol. The lowest BCUT2D eigenvalue weighted by molar-refractivity contribution is 0.434. The maximum absolute atomic E-state index is 6.54. The molecule has 0 bridgehead atoms. The van der Waals surface area contributed by atoms with Gasteiger partial charge in [-0.25, -0.2) is 15.0 Å². The van der Waals surface area contributed by atoms with Crippen LogP contribution in [0.25, 0.3) is 45.3 Å². The summed E-state index contributed by atoms with van der Waals surface area (Å²) in [7, 11) is 0. The topological polar surface area (TPSA) is 47.9 Å². The minimum Gasteiger partial charge on any atom is -0.457 e. The minimum atomic E-state index is -0.619. The van der Waals surface area contributed by atoms with Crippen LogP contribution in [0.5, 0.6) is 11.5 Å². The lowest BCUT2D eigenvalue weighted by Crippen LogP contribution is -2.34. The van der Waals surface area contributed by atoms with Crippen LogP contribution in [0.3, 0.4) is 0 Å². The third kappa shape index (κ3) is 4.97. The van der Waals surface area contributed by atoms with Crippen molar-refractivity contribution in [2.75, 3.05) is 0 Å². The molecule has 0 spiro atoms. The molecule has 7 aromatic carbocycles. The first-order chi connectivity index (χ1) is 24.8. The molecule has 1 aliphatic heterocycles. The Kier molecular flexibility index (Phi) is 7.33. The molecule has 2 heterocycles. The highest BCUT2D eigenvalue weighted by molar-refractivity contribution is 5.83. The van der Waals surface area contributed by atoms with Crippen LogP contribution >= 0.6 is 0 Å². The van der Waals surface area contributed by atoms with Crippen molar-refractivity contribution < 1.29 is 4.74 Å². The summed E-state index contributed by atoms with van der Waals surface area (Å²) < 4.78 is 6.54. The van der Waals surface area contributed by atoms with Crippen LogP contribution < -0.4 is 4.74 Å². The van der Waals surface area contributed by atoms with Crippen LogP contribution in [0.4, 0.5) is 0 Å². The number of hydrogen-bond acceptors (Lipinski definition) is 4. The average Bonchev–Trinajstić information content (AvgIpc) is 3.21. The first kappa shape index (κ1) is 29.5. The van der Waals surface area contributed by atoms with Gasteiger partial charge in [0.05, 0.1) is 5.41 Å². The molecule has 0 unspecified atom stereocenters. The normalized spacial score (nSPS) is 12.7. The van der Waals surface area contributed by atoms with E-state index >= 15 is 0 Å². The van der Waals surface area contributed by atoms with Crippen molar-refractivity contribution in [2.24, 2.45) is 0 Å². The third-order valence-electron chi connectivity index (χ3n) is 9.48. The second-order valence-electron chi connectivity index (χ2n) is 12.4. The number of aromatic nitrogens is 3. The Bertz CT molecular complexity index is 2360. The molecule has 50 heavy (non-hydrogen) atoms. The number of fused-ring (bicyclic) bond motifs is 2. The molecule has 4 nitrogen and oxygen atoms in total. The Morgan fingerprint density at radius 3 is 1.38 bits per heavy atom. The van der Waals surface area contributed by atoms with Crippen molar-refractivity contribution in [1.82, 2.24) is 15.0 Å². The number of ether oxygens (including phenoxy) is 1. The summed E-state index contributed by atoms with van der Waals surface area (Å²) in [6.45, 7) is 0. The Balaban J connectivity index is 1.27.